The van der Waals surface area contributed by atoms with Gasteiger partial charge >= 0.3 is 5.97 Å². The monoisotopic (exact) mass is 456 g/mol. The second-order valence-electron chi connectivity index (χ2n) is 8.56. The molecule has 5 rings (SSSR count). The first-order valence-electron chi connectivity index (χ1n) is 10.7. The fourth-order valence-corrected chi connectivity index (χ4v) is 6.02. The van der Waals surface area contributed by atoms with Gasteiger partial charge in [0.1, 0.15) is 0 Å². The number of nitrogens with zero attached hydrogens (tertiary/aromatic N) is 2. The number of anilines is 2. The molecule has 2 aliphatic rings. The van der Waals surface area contributed by atoms with Crippen molar-refractivity contribution < 1.29 is 15.0 Å². The van der Waals surface area contributed by atoms with Crippen molar-refractivity contribution in [3.05, 3.63) is 57.9 Å². The van der Waals surface area contributed by atoms with E-state index < -0.39 is 5.97 Å². The van der Waals surface area contributed by atoms with E-state index in [0.717, 1.165) is 53.3 Å². The summed E-state index contributed by atoms with van der Waals surface area (Å²) in [5.41, 5.74) is 4.51. The Morgan fingerprint density at radius 1 is 1.19 bits per heavy atom. The van der Waals surface area contributed by atoms with E-state index in [1.807, 2.05) is 12.1 Å². The zero-order valence-corrected chi connectivity index (χ0v) is 18.7. The summed E-state index contributed by atoms with van der Waals surface area (Å²) in [5.74, 6) is -0.796. The molecule has 3 heterocycles. The summed E-state index contributed by atoms with van der Waals surface area (Å²) in [5, 5.41) is 23.6. The number of benzene rings is 2. The Hall–Kier alpha value is -2.28. The van der Waals surface area contributed by atoms with Gasteiger partial charge in [0, 0.05) is 53.2 Å². The van der Waals surface area contributed by atoms with Gasteiger partial charge in [0.05, 0.1) is 12.5 Å². The van der Waals surface area contributed by atoms with Crippen LogP contribution < -0.4 is 9.80 Å². The number of carbonyl (C=O) groups is 1. The van der Waals surface area contributed by atoms with Crippen LogP contribution >= 0.6 is 22.9 Å². The number of piperidine rings is 1. The lowest BCUT2D eigenvalue weighted by Crippen LogP contribution is -2.38. The van der Waals surface area contributed by atoms with Crippen molar-refractivity contribution in [3.63, 3.8) is 0 Å². The van der Waals surface area contributed by atoms with Crippen molar-refractivity contribution in [2.24, 2.45) is 0 Å². The molecule has 7 heteroatoms. The average Bonchev–Trinajstić information content (AvgIpc) is 3.29. The van der Waals surface area contributed by atoms with Gasteiger partial charge in [-0.1, -0.05) is 17.7 Å². The number of thiophene rings is 1. The van der Waals surface area contributed by atoms with Crippen LogP contribution in [0, 0.1) is 0 Å². The maximum atomic E-state index is 11.5. The molecule has 2 aromatic carbocycles. The van der Waals surface area contributed by atoms with Crippen LogP contribution in [0.1, 0.15) is 36.3 Å². The number of fused-ring (bicyclic) bond motifs is 2. The van der Waals surface area contributed by atoms with Gasteiger partial charge in [-0.3, -0.25) is 4.79 Å². The van der Waals surface area contributed by atoms with E-state index in [2.05, 4.69) is 39.4 Å². The molecular formula is C24H25ClN2O3S. The van der Waals surface area contributed by atoms with E-state index in [4.69, 9.17) is 11.6 Å². The Labute approximate surface area is 190 Å². The molecule has 162 valence electrons. The zero-order chi connectivity index (χ0) is 21.5. The molecule has 1 saturated heterocycles. The molecule has 1 fully saturated rings. The van der Waals surface area contributed by atoms with Crippen molar-refractivity contribution in [1.29, 1.82) is 0 Å². The Balaban J connectivity index is 1.49. The number of carboxylic acids is 1. The minimum atomic E-state index is -0.770. The minimum Gasteiger partial charge on any atom is -0.481 e. The van der Waals surface area contributed by atoms with Crippen LogP contribution in [0.4, 0.5) is 11.4 Å². The maximum Gasteiger partial charge on any atom is 0.304 e. The Morgan fingerprint density at radius 3 is 2.87 bits per heavy atom. The number of hydrogen-bond acceptors (Lipinski definition) is 5. The molecule has 3 aromatic rings. The summed E-state index contributed by atoms with van der Waals surface area (Å²) in [6, 6.07) is 12.3. The van der Waals surface area contributed by atoms with Gasteiger partial charge in [-0.15, -0.1) is 11.3 Å². The highest BCUT2D eigenvalue weighted by Crippen LogP contribution is 2.42. The maximum absolute atomic E-state index is 11.5. The van der Waals surface area contributed by atoms with Gasteiger partial charge in [-0.05, 0) is 65.1 Å². The number of hydrogen-bond donors (Lipinski definition) is 2. The predicted molar refractivity (Wildman–Crippen MR) is 127 cm³/mol. The van der Waals surface area contributed by atoms with Gasteiger partial charge in [0.25, 0.3) is 0 Å². The quantitative estimate of drug-likeness (QED) is 0.559. The van der Waals surface area contributed by atoms with Crippen molar-refractivity contribution >= 4 is 50.4 Å². The summed E-state index contributed by atoms with van der Waals surface area (Å²) in [6.45, 7) is 2.98. The van der Waals surface area contributed by atoms with Gasteiger partial charge < -0.3 is 20.0 Å². The summed E-state index contributed by atoms with van der Waals surface area (Å²) in [4.78, 5) is 16.0. The van der Waals surface area contributed by atoms with Crippen LogP contribution in [0.15, 0.2) is 41.8 Å². The Bertz CT molecular complexity index is 1130. The topological polar surface area (TPSA) is 64.0 Å². The lowest BCUT2D eigenvalue weighted by Gasteiger charge is -2.32. The van der Waals surface area contributed by atoms with Crippen LogP contribution in [0.2, 0.25) is 5.02 Å². The molecular weight excluding hydrogens is 432 g/mol. The summed E-state index contributed by atoms with van der Waals surface area (Å²) in [7, 11) is 0. The lowest BCUT2D eigenvalue weighted by molar-refractivity contribution is -0.137. The summed E-state index contributed by atoms with van der Waals surface area (Å²) < 4.78 is 1.21. The van der Waals surface area contributed by atoms with Gasteiger partial charge in [0.2, 0.25) is 0 Å². The van der Waals surface area contributed by atoms with E-state index in [1.165, 1.54) is 10.3 Å². The lowest BCUT2D eigenvalue weighted by atomic mass is 9.97. The molecule has 5 nitrogen and oxygen atoms in total. The van der Waals surface area contributed by atoms with E-state index >= 15 is 0 Å². The van der Waals surface area contributed by atoms with Crippen molar-refractivity contribution in [3.8, 4) is 0 Å². The first kappa shape index (κ1) is 20.6. The fraction of sp³-hybridized carbons (Fsp3) is 0.375. The van der Waals surface area contributed by atoms with E-state index in [1.54, 1.807) is 11.3 Å². The number of aliphatic carboxylic acids is 1. The fourth-order valence-electron chi connectivity index (χ4n) is 4.92. The minimum absolute atomic E-state index is 0.0259. The molecule has 31 heavy (non-hydrogen) atoms. The molecule has 2 unspecified atom stereocenters. The third kappa shape index (κ3) is 4.12. The largest absolute Gasteiger partial charge is 0.481 e. The number of halogens is 1. The highest BCUT2D eigenvalue weighted by atomic mass is 35.5. The smallest absolute Gasteiger partial charge is 0.304 e. The van der Waals surface area contributed by atoms with Crippen molar-refractivity contribution in [2.45, 2.75) is 37.8 Å². The standard InChI is InChI=1S/C24H25ClN2O3S/c25-17-3-6-23-21(9-17)16(14-31-23)12-27-11-15(8-24(29)30)20-5-4-18(10-22(20)27)26-7-1-2-19(28)13-26/h3-6,9-10,14-15,19,28H,1-2,7-8,11-13H2,(H,29,30). The third-order valence-corrected chi connectivity index (χ3v) is 7.64. The normalized spacial score (nSPS) is 21.0. The second kappa shape index (κ2) is 8.34. The second-order valence-corrected chi connectivity index (χ2v) is 9.91. The highest BCUT2D eigenvalue weighted by Gasteiger charge is 2.31. The molecule has 2 aliphatic heterocycles. The number of β-amino-alcohol motifs (C(OH)–C–C–N with tert-alkyl or cyclic N) is 1. The van der Waals surface area contributed by atoms with Gasteiger partial charge in [-0.25, -0.2) is 0 Å². The highest BCUT2D eigenvalue weighted by molar-refractivity contribution is 7.17. The molecule has 0 aliphatic carbocycles. The van der Waals surface area contributed by atoms with E-state index in [-0.39, 0.29) is 18.4 Å². The average molecular weight is 457 g/mol. The molecule has 2 N–H and O–H groups in total. The van der Waals surface area contributed by atoms with Crippen LogP contribution in [0.5, 0.6) is 0 Å². The van der Waals surface area contributed by atoms with Crippen LogP contribution in [-0.4, -0.2) is 41.9 Å². The van der Waals surface area contributed by atoms with Crippen molar-refractivity contribution in [2.75, 3.05) is 29.4 Å². The Kier molecular flexibility index (Phi) is 5.54. The summed E-state index contributed by atoms with van der Waals surface area (Å²) >= 11 is 7.95. The molecule has 0 spiro atoms. The van der Waals surface area contributed by atoms with Crippen LogP contribution in [0.25, 0.3) is 10.1 Å². The van der Waals surface area contributed by atoms with E-state index in [9.17, 15) is 15.0 Å². The van der Waals surface area contributed by atoms with E-state index in [0.29, 0.717) is 13.1 Å². The predicted octanol–water partition coefficient (Wildman–Crippen LogP) is 5.09. The Morgan fingerprint density at radius 2 is 2.06 bits per heavy atom. The van der Waals surface area contributed by atoms with Crippen molar-refractivity contribution in [1.82, 2.24) is 0 Å². The molecule has 0 saturated carbocycles. The first-order chi connectivity index (χ1) is 15.0. The SMILES string of the molecule is O=C(O)CC1CN(Cc2csc3ccc(Cl)cc23)c2cc(N3CCCC(O)C3)ccc21. The molecule has 2 atom stereocenters. The van der Waals surface area contributed by atoms with Gasteiger partial charge in [-0.2, -0.15) is 0 Å². The zero-order valence-electron chi connectivity index (χ0n) is 17.1. The van der Waals surface area contributed by atoms with Crippen LogP contribution in [-0.2, 0) is 11.3 Å². The molecule has 1 aromatic heterocycles. The molecule has 0 bridgehead atoms. The third-order valence-electron chi connectivity index (χ3n) is 6.39. The number of aliphatic hydroxyl groups excluding tert-OH is 1. The first-order valence-corrected chi connectivity index (χ1v) is 11.9. The molecule has 0 radical (unpaired) electrons. The molecule has 0 amide bonds. The summed E-state index contributed by atoms with van der Waals surface area (Å²) in [6.07, 6.45) is 1.66. The number of rotatable bonds is 5. The number of aliphatic hydroxyl groups is 1. The van der Waals surface area contributed by atoms with Crippen LogP contribution in [0.3, 0.4) is 0 Å². The number of carboxylic acid groups (broad SMARTS) is 1. The van der Waals surface area contributed by atoms with Gasteiger partial charge in [0.15, 0.2) is 0 Å².